The largest absolute Gasteiger partial charge is 0.386 e. The van der Waals surface area contributed by atoms with Crippen molar-refractivity contribution >= 4 is 11.3 Å². The Balaban J connectivity index is 2.07. The molecular weight excluding hydrogens is 220 g/mol. The second kappa shape index (κ2) is 4.72. The fourth-order valence-electron chi connectivity index (χ4n) is 1.46. The number of pyridine rings is 1. The van der Waals surface area contributed by atoms with Gasteiger partial charge in [-0.15, -0.1) is 11.3 Å². The number of rotatable bonds is 3. The summed E-state index contributed by atoms with van der Waals surface area (Å²) in [5.41, 5.74) is 2.76. The third kappa shape index (κ3) is 2.65. The molecule has 1 unspecified atom stereocenters. The van der Waals surface area contributed by atoms with E-state index in [0.717, 1.165) is 22.0 Å². The zero-order valence-electron chi connectivity index (χ0n) is 9.34. The Hall–Kier alpha value is -1.26. The van der Waals surface area contributed by atoms with Crippen molar-refractivity contribution < 1.29 is 5.11 Å². The lowest BCUT2D eigenvalue weighted by atomic mass is 10.1. The summed E-state index contributed by atoms with van der Waals surface area (Å²) < 4.78 is 0. The highest BCUT2D eigenvalue weighted by atomic mass is 32.1. The maximum atomic E-state index is 9.96. The van der Waals surface area contributed by atoms with Gasteiger partial charge in [0.15, 0.2) is 0 Å². The van der Waals surface area contributed by atoms with Gasteiger partial charge in [0.05, 0.1) is 10.7 Å². The first kappa shape index (κ1) is 11.2. The molecule has 84 valence electrons. The fraction of sp³-hybridized carbons (Fsp3) is 0.333. The average molecular weight is 234 g/mol. The summed E-state index contributed by atoms with van der Waals surface area (Å²) in [5, 5.41) is 12.8. The minimum atomic E-state index is -0.555. The van der Waals surface area contributed by atoms with Crippen LogP contribution in [0.5, 0.6) is 0 Å². The quantitative estimate of drug-likeness (QED) is 0.887. The predicted octanol–water partition coefficient (Wildman–Crippen LogP) is 2.43. The molecule has 0 saturated heterocycles. The molecular formula is C12H14N2OS. The fourth-order valence-corrected chi connectivity index (χ4v) is 2.11. The molecule has 3 nitrogen and oxygen atoms in total. The Morgan fingerprint density at radius 1 is 1.38 bits per heavy atom. The minimum Gasteiger partial charge on any atom is -0.386 e. The summed E-state index contributed by atoms with van der Waals surface area (Å²) in [6.45, 7) is 3.93. The third-order valence-electron chi connectivity index (χ3n) is 2.35. The van der Waals surface area contributed by atoms with Crippen molar-refractivity contribution in [3.63, 3.8) is 0 Å². The van der Waals surface area contributed by atoms with E-state index in [0.29, 0.717) is 6.42 Å². The number of aromatic nitrogens is 2. The molecule has 0 aliphatic rings. The number of aliphatic hydroxyl groups is 1. The van der Waals surface area contributed by atoms with Crippen LogP contribution < -0.4 is 0 Å². The Kier molecular flexibility index (Phi) is 3.31. The number of aryl methyl sites for hydroxylation is 2. The van der Waals surface area contributed by atoms with Crippen LogP contribution in [0.2, 0.25) is 0 Å². The zero-order chi connectivity index (χ0) is 11.5. The van der Waals surface area contributed by atoms with E-state index < -0.39 is 6.10 Å². The van der Waals surface area contributed by atoms with Crippen LogP contribution in [0, 0.1) is 13.8 Å². The van der Waals surface area contributed by atoms with E-state index in [4.69, 9.17) is 0 Å². The molecule has 2 heterocycles. The van der Waals surface area contributed by atoms with Crippen LogP contribution in [0.1, 0.15) is 28.1 Å². The van der Waals surface area contributed by atoms with Crippen molar-refractivity contribution in [1.29, 1.82) is 0 Å². The van der Waals surface area contributed by atoms with Gasteiger partial charge in [0, 0.05) is 23.7 Å². The average Bonchev–Trinajstić information content (AvgIpc) is 2.68. The van der Waals surface area contributed by atoms with Crippen molar-refractivity contribution in [1.82, 2.24) is 9.97 Å². The van der Waals surface area contributed by atoms with Gasteiger partial charge in [0.1, 0.15) is 6.10 Å². The van der Waals surface area contributed by atoms with Crippen LogP contribution in [-0.4, -0.2) is 15.1 Å². The topological polar surface area (TPSA) is 46.0 Å². The van der Waals surface area contributed by atoms with Crippen molar-refractivity contribution in [2.45, 2.75) is 26.4 Å². The van der Waals surface area contributed by atoms with Gasteiger partial charge in [0.25, 0.3) is 0 Å². The molecule has 0 aliphatic carbocycles. The van der Waals surface area contributed by atoms with Crippen molar-refractivity contribution in [3.8, 4) is 0 Å². The van der Waals surface area contributed by atoms with Crippen molar-refractivity contribution in [2.24, 2.45) is 0 Å². The van der Waals surface area contributed by atoms with Crippen LogP contribution in [0.3, 0.4) is 0 Å². The standard InChI is InChI=1S/C12H14N2OS/c1-8-3-4-10(13-6-8)5-12(15)11-7-16-9(2)14-11/h3-4,6-7,12,15H,5H2,1-2H3. The molecule has 2 aromatic heterocycles. The summed E-state index contributed by atoms with van der Waals surface area (Å²) in [6, 6.07) is 3.94. The predicted molar refractivity (Wildman–Crippen MR) is 64.5 cm³/mol. The summed E-state index contributed by atoms with van der Waals surface area (Å²) in [4.78, 5) is 8.53. The number of nitrogens with zero attached hydrogens (tertiary/aromatic N) is 2. The van der Waals surface area contributed by atoms with E-state index in [2.05, 4.69) is 9.97 Å². The van der Waals surface area contributed by atoms with Crippen LogP contribution in [-0.2, 0) is 6.42 Å². The van der Waals surface area contributed by atoms with Gasteiger partial charge < -0.3 is 5.11 Å². The van der Waals surface area contributed by atoms with Gasteiger partial charge in [-0.1, -0.05) is 6.07 Å². The summed E-state index contributed by atoms with van der Waals surface area (Å²) >= 11 is 1.55. The van der Waals surface area contributed by atoms with Gasteiger partial charge in [0.2, 0.25) is 0 Å². The number of thiazole rings is 1. The normalized spacial score (nSPS) is 12.7. The Bertz CT molecular complexity index is 464. The van der Waals surface area contributed by atoms with Gasteiger partial charge in [-0.25, -0.2) is 4.98 Å². The molecule has 0 saturated carbocycles. The van der Waals surface area contributed by atoms with E-state index in [-0.39, 0.29) is 0 Å². The highest BCUT2D eigenvalue weighted by molar-refractivity contribution is 7.09. The van der Waals surface area contributed by atoms with E-state index in [1.807, 2.05) is 37.6 Å². The van der Waals surface area contributed by atoms with Crippen molar-refractivity contribution in [2.75, 3.05) is 0 Å². The smallest absolute Gasteiger partial charge is 0.102 e. The molecule has 4 heteroatoms. The van der Waals surface area contributed by atoms with Gasteiger partial charge in [-0.05, 0) is 25.5 Å². The van der Waals surface area contributed by atoms with E-state index in [1.54, 1.807) is 11.3 Å². The molecule has 2 rings (SSSR count). The monoisotopic (exact) mass is 234 g/mol. The number of hydrogen-bond acceptors (Lipinski definition) is 4. The second-order valence-electron chi connectivity index (χ2n) is 3.84. The van der Waals surface area contributed by atoms with Gasteiger partial charge >= 0.3 is 0 Å². The SMILES string of the molecule is Cc1ccc(CC(O)c2csc(C)n2)nc1. The van der Waals surface area contributed by atoms with E-state index in [9.17, 15) is 5.11 Å². The van der Waals surface area contributed by atoms with Crippen molar-refractivity contribution in [3.05, 3.63) is 45.7 Å². The third-order valence-corrected chi connectivity index (χ3v) is 3.15. The highest BCUT2D eigenvalue weighted by Gasteiger charge is 2.12. The first-order valence-electron chi connectivity index (χ1n) is 5.17. The molecule has 0 amide bonds. The summed E-state index contributed by atoms with van der Waals surface area (Å²) in [5.74, 6) is 0. The molecule has 0 fully saturated rings. The lowest BCUT2D eigenvalue weighted by Crippen LogP contribution is -2.03. The van der Waals surface area contributed by atoms with Crippen LogP contribution >= 0.6 is 11.3 Å². The molecule has 16 heavy (non-hydrogen) atoms. The molecule has 2 aromatic rings. The highest BCUT2D eigenvalue weighted by Crippen LogP contribution is 2.19. The summed E-state index contributed by atoms with van der Waals surface area (Å²) in [6.07, 6.45) is 1.78. The Morgan fingerprint density at radius 2 is 2.19 bits per heavy atom. The lowest BCUT2D eigenvalue weighted by molar-refractivity contribution is 0.173. The molecule has 0 bridgehead atoms. The van der Waals surface area contributed by atoms with Crippen LogP contribution in [0.25, 0.3) is 0 Å². The Morgan fingerprint density at radius 3 is 2.75 bits per heavy atom. The second-order valence-corrected chi connectivity index (χ2v) is 4.90. The number of hydrogen-bond donors (Lipinski definition) is 1. The maximum Gasteiger partial charge on any atom is 0.102 e. The van der Waals surface area contributed by atoms with Crippen LogP contribution in [0.4, 0.5) is 0 Å². The minimum absolute atomic E-state index is 0.517. The maximum absolute atomic E-state index is 9.96. The van der Waals surface area contributed by atoms with Crippen LogP contribution in [0.15, 0.2) is 23.7 Å². The molecule has 0 aromatic carbocycles. The lowest BCUT2D eigenvalue weighted by Gasteiger charge is -2.07. The van der Waals surface area contributed by atoms with E-state index >= 15 is 0 Å². The summed E-state index contributed by atoms with van der Waals surface area (Å²) in [7, 11) is 0. The number of aliphatic hydroxyl groups excluding tert-OH is 1. The molecule has 0 aliphatic heterocycles. The molecule has 1 atom stereocenters. The zero-order valence-corrected chi connectivity index (χ0v) is 10.2. The van der Waals surface area contributed by atoms with Gasteiger partial charge in [-0.3, -0.25) is 4.98 Å². The first-order valence-corrected chi connectivity index (χ1v) is 6.05. The van der Waals surface area contributed by atoms with E-state index in [1.165, 1.54) is 0 Å². The molecule has 1 N–H and O–H groups in total. The van der Waals surface area contributed by atoms with Gasteiger partial charge in [-0.2, -0.15) is 0 Å². The molecule has 0 radical (unpaired) electrons. The first-order chi connectivity index (χ1) is 7.65. The molecule has 0 spiro atoms. The Labute approximate surface area is 98.8 Å².